The number of phenols is 1. The van der Waals surface area contributed by atoms with Gasteiger partial charge in [-0.1, -0.05) is 5.21 Å². The van der Waals surface area contributed by atoms with Crippen LogP contribution in [0.1, 0.15) is 46.7 Å². The van der Waals surface area contributed by atoms with E-state index in [-0.39, 0.29) is 11.4 Å². The van der Waals surface area contributed by atoms with Crippen LogP contribution < -0.4 is 0 Å². The van der Waals surface area contributed by atoms with E-state index in [0.29, 0.717) is 17.7 Å². The van der Waals surface area contributed by atoms with Gasteiger partial charge in [0.25, 0.3) is 0 Å². The zero-order chi connectivity index (χ0) is 20.3. The Morgan fingerprint density at radius 2 is 2.00 bits per heavy atom. The maximum absolute atomic E-state index is 13.0. The monoisotopic (exact) mass is 421 g/mol. The summed E-state index contributed by atoms with van der Waals surface area (Å²) in [6.07, 6.45) is 1.07. The number of halogens is 3. The fourth-order valence-electron chi connectivity index (χ4n) is 3.29. The summed E-state index contributed by atoms with van der Waals surface area (Å²) in [6, 6.07) is 2.65. The highest BCUT2D eigenvalue weighted by molar-refractivity contribution is 7.17. The van der Waals surface area contributed by atoms with Gasteiger partial charge in [0, 0.05) is 10.9 Å². The molecule has 0 radical (unpaired) electrons. The second-order valence-electron chi connectivity index (χ2n) is 6.95. The number of aromatic nitrogens is 5. The van der Waals surface area contributed by atoms with Gasteiger partial charge in [0.1, 0.15) is 28.7 Å². The van der Waals surface area contributed by atoms with Gasteiger partial charge in [0.15, 0.2) is 0 Å². The minimum Gasteiger partial charge on any atom is -0.508 e. The molecule has 5 rings (SSSR count). The molecule has 4 aromatic rings. The largest absolute Gasteiger partial charge is 0.508 e. The van der Waals surface area contributed by atoms with Crippen LogP contribution in [0.3, 0.4) is 0 Å². The third kappa shape index (κ3) is 3.15. The van der Waals surface area contributed by atoms with Crippen molar-refractivity contribution >= 4 is 16.2 Å². The standard InChI is InChI=1S/C18H14F3N5O2S/c19-18(20,21)10-3-11(5-12(27)4-10)26-7-13(23-24-26)16(28)15-17(9-1-2-9)29-14-6-22-8-25(14)15/h3-9,16,27-28H,1-2H2. The first kappa shape index (κ1) is 18.1. The maximum Gasteiger partial charge on any atom is 0.416 e. The number of nitrogens with zero attached hydrogens (tertiary/aromatic N) is 5. The van der Waals surface area contributed by atoms with Gasteiger partial charge < -0.3 is 10.2 Å². The smallest absolute Gasteiger partial charge is 0.416 e. The van der Waals surface area contributed by atoms with Gasteiger partial charge in [-0.2, -0.15) is 13.2 Å². The zero-order valence-electron chi connectivity index (χ0n) is 14.7. The minimum atomic E-state index is -4.61. The second-order valence-corrected chi connectivity index (χ2v) is 8.02. The number of aliphatic hydroxyl groups excluding tert-OH is 1. The van der Waals surface area contributed by atoms with Crippen LogP contribution in [0, 0.1) is 0 Å². The van der Waals surface area contributed by atoms with Gasteiger partial charge in [0.05, 0.1) is 29.3 Å². The van der Waals surface area contributed by atoms with Crippen molar-refractivity contribution in [3.63, 3.8) is 0 Å². The average Bonchev–Trinajstić information content (AvgIpc) is 3.07. The van der Waals surface area contributed by atoms with Gasteiger partial charge in [-0.25, -0.2) is 9.67 Å². The Bertz CT molecular complexity index is 1210. The van der Waals surface area contributed by atoms with Crippen LogP contribution in [0.5, 0.6) is 5.75 Å². The molecule has 29 heavy (non-hydrogen) atoms. The van der Waals surface area contributed by atoms with Gasteiger partial charge in [0.2, 0.25) is 0 Å². The summed E-state index contributed by atoms with van der Waals surface area (Å²) in [5.74, 6) is -0.151. The SMILES string of the molecule is Oc1cc(-n2cc(C(O)c3c(C4CC4)sc4cncn34)nn2)cc(C(F)(F)F)c1. The molecule has 1 unspecified atom stereocenters. The van der Waals surface area contributed by atoms with Crippen LogP contribution in [0.15, 0.2) is 36.9 Å². The molecule has 7 nitrogen and oxygen atoms in total. The summed E-state index contributed by atoms with van der Waals surface area (Å²) in [5.41, 5.74) is -0.163. The number of aliphatic hydroxyl groups is 1. The van der Waals surface area contributed by atoms with Crippen molar-refractivity contribution in [1.29, 1.82) is 0 Å². The minimum absolute atomic E-state index is 0.0104. The number of aromatic hydroxyl groups is 1. The molecule has 3 heterocycles. The normalized spacial score (nSPS) is 15.9. The molecule has 1 aliphatic carbocycles. The van der Waals surface area contributed by atoms with Crippen molar-refractivity contribution in [3.8, 4) is 11.4 Å². The van der Waals surface area contributed by atoms with Crippen molar-refractivity contribution in [1.82, 2.24) is 24.4 Å². The van der Waals surface area contributed by atoms with Crippen LogP contribution in [-0.2, 0) is 6.18 Å². The van der Waals surface area contributed by atoms with Crippen LogP contribution in [0.2, 0.25) is 0 Å². The van der Waals surface area contributed by atoms with Crippen LogP contribution >= 0.6 is 11.3 Å². The lowest BCUT2D eigenvalue weighted by Crippen LogP contribution is -2.07. The fourth-order valence-corrected chi connectivity index (χ4v) is 4.59. The predicted octanol–water partition coefficient (Wildman–Crippen LogP) is 3.66. The van der Waals surface area contributed by atoms with E-state index in [9.17, 15) is 23.4 Å². The summed E-state index contributed by atoms with van der Waals surface area (Å²) in [6.45, 7) is 0. The van der Waals surface area contributed by atoms with Crippen LogP contribution in [-0.4, -0.2) is 34.6 Å². The predicted molar refractivity (Wildman–Crippen MR) is 97.1 cm³/mol. The Hall–Kier alpha value is -2.92. The summed E-state index contributed by atoms with van der Waals surface area (Å²) in [4.78, 5) is 6.06. The van der Waals surface area contributed by atoms with Crippen LogP contribution in [0.4, 0.5) is 13.2 Å². The molecule has 1 aromatic carbocycles. The van der Waals surface area contributed by atoms with E-state index < -0.39 is 23.6 Å². The van der Waals surface area contributed by atoms with Gasteiger partial charge in [-0.05, 0) is 30.9 Å². The van der Waals surface area contributed by atoms with Crippen molar-refractivity contribution in [2.45, 2.75) is 31.0 Å². The third-order valence-electron chi connectivity index (χ3n) is 4.82. The van der Waals surface area contributed by atoms with Gasteiger partial charge >= 0.3 is 6.18 Å². The van der Waals surface area contributed by atoms with E-state index in [1.165, 1.54) is 6.20 Å². The molecule has 1 fully saturated rings. The molecule has 0 spiro atoms. The Kier molecular flexibility index (Phi) is 3.93. The van der Waals surface area contributed by atoms with Crippen molar-refractivity contribution < 1.29 is 23.4 Å². The molecule has 0 bridgehead atoms. The number of hydrogen-bond donors (Lipinski definition) is 2. The highest BCUT2D eigenvalue weighted by atomic mass is 32.1. The first-order chi connectivity index (χ1) is 13.8. The molecule has 0 aliphatic heterocycles. The number of benzene rings is 1. The van der Waals surface area contributed by atoms with Gasteiger partial charge in [-0.3, -0.25) is 4.40 Å². The summed E-state index contributed by atoms with van der Waals surface area (Å²) >= 11 is 1.56. The van der Waals surface area contributed by atoms with Gasteiger partial charge in [-0.15, -0.1) is 16.4 Å². The van der Waals surface area contributed by atoms with Crippen LogP contribution in [0.25, 0.3) is 10.5 Å². The highest BCUT2D eigenvalue weighted by Crippen LogP contribution is 2.47. The molecule has 0 saturated heterocycles. The lowest BCUT2D eigenvalue weighted by atomic mass is 10.1. The second kappa shape index (κ2) is 6.29. The molecular formula is C18H14F3N5O2S. The zero-order valence-corrected chi connectivity index (χ0v) is 15.5. The quantitative estimate of drug-likeness (QED) is 0.525. The molecule has 1 saturated carbocycles. The fraction of sp³-hybridized carbons (Fsp3) is 0.278. The topological polar surface area (TPSA) is 88.5 Å². The third-order valence-corrected chi connectivity index (χ3v) is 6.10. The first-order valence-electron chi connectivity index (χ1n) is 8.78. The Morgan fingerprint density at radius 3 is 2.72 bits per heavy atom. The number of rotatable bonds is 4. The van der Waals surface area contributed by atoms with E-state index in [2.05, 4.69) is 15.3 Å². The summed E-state index contributed by atoms with van der Waals surface area (Å²) in [5, 5.41) is 28.4. The number of imidazole rings is 1. The molecular weight excluding hydrogens is 407 g/mol. The number of phenolic OH excluding ortho intramolecular Hbond substituents is 1. The lowest BCUT2D eigenvalue weighted by molar-refractivity contribution is -0.137. The van der Waals surface area contributed by atoms with E-state index >= 15 is 0 Å². The number of hydrogen-bond acceptors (Lipinski definition) is 6. The molecule has 1 atom stereocenters. The summed E-state index contributed by atoms with van der Waals surface area (Å²) < 4.78 is 42.0. The van der Waals surface area contributed by atoms with Crippen molar-refractivity contribution in [2.75, 3.05) is 0 Å². The Balaban J connectivity index is 1.54. The number of alkyl halides is 3. The van der Waals surface area contributed by atoms with E-state index in [1.807, 2.05) is 0 Å². The van der Waals surface area contributed by atoms with Crippen molar-refractivity contribution in [3.05, 3.63) is 58.7 Å². The average molecular weight is 421 g/mol. The molecule has 2 N–H and O–H groups in total. The Labute approximate surface area is 165 Å². The summed E-state index contributed by atoms with van der Waals surface area (Å²) in [7, 11) is 0. The van der Waals surface area contributed by atoms with E-state index in [0.717, 1.165) is 39.4 Å². The number of fused-ring (bicyclic) bond motifs is 1. The van der Waals surface area contributed by atoms with E-state index in [4.69, 9.17) is 0 Å². The number of thiazole rings is 1. The highest BCUT2D eigenvalue weighted by Gasteiger charge is 2.34. The van der Waals surface area contributed by atoms with Crippen molar-refractivity contribution in [2.24, 2.45) is 0 Å². The molecule has 150 valence electrons. The Morgan fingerprint density at radius 1 is 1.21 bits per heavy atom. The molecule has 3 aromatic heterocycles. The molecule has 1 aliphatic rings. The van der Waals surface area contributed by atoms with E-state index in [1.54, 1.807) is 28.3 Å². The first-order valence-corrected chi connectivity index (χ1v) is 9.59. The lowest BCUT2D eigenvalue weighted by Gasteiger charge is -2.10. The molecule has 11 heteroatoms. The maximum atomic E-state index is 13.0. The molecule has 0 amide bonds.